The lowest BCUT2D eigenvalue weighted by Crippen LogP contribution is -2.46. The van der Waals surface area contributed by atoms with E-state index in [1.54, 1.807) is 23.7 Å². The Balaban J connectivity index is 1.41. The van der Waals surface area contributed by atoms with Crippen molar-refractivity contribution in [1.82, 2.24) is 15.2 Å². The molecule has 170 valence electrons. The summed E-state index contributed by atoms with van der Waals surface area (Å²) >= 11 is 14.5. The van der Waals surface area contributed by atoms with E-state index in [1.807, 2.05) is 13.1 Å². The first kappa shape index (κ1) is 23.3. The van der Waals surface area contributed by atoms with Gasteiger partial charge in [0.05, 0.1) is 15.7 Å². The average Bonchev–Trinajstić information content (AvgIpc) is 3.33. The van der Waals surface area contributed by atoms with Crippen LogP contribution in [0.5, 0.6) is 5.75 Å². The molecule has 1 aliphatic heterocycles. The van der Waals surface area contributed by atoms with Crippen LogP contribution in [0.4, 0.5) is 5.69 Å². The highest BCUT2D eigenvalue weighted by Gasteiger charge is 2.23. The number of aromatic nitrogens is 1. The van der Waals surface area contributed by atoms with Gasteiger partial charge in [-0.2, -0.15) is 0 Å². The summed E-state index contributed by atoms with van der Waals surface area (Å²) in [5.41, 5.74) is 2.10. The maximum atomic E-state index is 6.55. The summed E-state index contributed by atoms with van der Waals surface area (Å²) in [6, 6.07) is 12.6. The zero-order valence-electron chi connectivity index (χ0n) is 18.1. The van der Waals surface area contributed by atoms with E-state index in [0.717, 1.165) is 57.1 Å². The molecule has 3 heterocycles. The first-order valence-corrected chi connectivity index (χ1v) is 12.5. The first-order valence-electron chi connectivity index (χ1n) is 10.8. The van der Waals surface area contributed by atoms with E-state index >= 15 is 0 Å². The molecule has 1 saturated heterocycles. The minimum absolute atomic E-state index is 0.0522. The van der Waals surface area contributed by atoms with E-state index in [1.165, 1.54) is 10.4 Å². The Morgan fingerprint density at radius 1 is 1.06 bits per heavy atom. The monoisotopic (exact) mass is 490 g/mol. The second-order valence-corrected chi connectivity index (χ2v) is 9.63. The lowest BCUT2D eigenvalue weighted by atomic mass is 10.1. The molecule has 1 fully saturated rings. The fourth-order valence-electron chi connectivity index (χ4n) is 3.99. The van der Waals surface area contributed by atoms with Crippen molar-refractivity contribution in [3.05, 3.63) is 74.7 Å². The molecule has 1 aromatic carbocycles. The van der Waals surface area contributed by atoms with Crippen LogP contribution < -0.4 is 15.0 Å². The summed E-state index contributed by atoms with van der Waals surface area (Å²) in [6.45, 7) is 5.35. The van der Waals surface area contributed by atoms with Crippen molar-refractivity contribution >= 4 is 40.2 Å². The largest absolute Gasteiger partial charge is 0.485 e. The van der Waals surface area contributed by atoms with Crippen LogP contribution in [0.15, 0.2) is 54.2 Å². The summed E-state index contributed by atoms with van der Waals surface area (Å²) in [6.07, 6.45) is 4.29. The van der Waals surface area contributed by atoms with Gasteiger partial charge in [0.2, 0.25) is 0 Å². The second-order valence-electron chi connectivity index (χ2n) is 7.84. The number of hydrogen-bond acceptors (Lipinski definition) is 6. The van der Waals surface area contributed by atoms with Crippen molar-refractivity contribution in [2.45, 2.75) is 19.1 Å². The molecule has 5 nitrogen and oxygen atoms in total. The molecule has 1 N–H and O–H groups in total. The van der Waals surface area contributed by atoms with Gasteiger partial charge in [-0.25, -0.2) is 0 Å². The number of piperazine rings is 1. The quantitative estimate of drug-likeness (QED) is 0.428. The smallest absolute Gasteiger partial charge is 0.134 e. The maximum Gasteiger partial charge on any atom is 0.134 e. The Labute approximate surface area is 203 Å². The van der Waals surface area contributed by atoms with Gasteiger partial charge in [0.15, 0.2) is 0 Å². The topological polar surface area (TPSA) is 40.6 Å². The molecule has 8 heteroatoms. The zero-order valence-corrected chi connectivity index (χ0v) is 20.5. The number of hydrogen-bond donors (Lipinski definition) is 1. The number of anilines is 1. The van der Waals surface area contributed by atoms with Crippen molar-refractivity contribution in [3.63, 3.8) is 0 Å². The van der Waals surface area contributed by atoms with Crippen LogP contribution in [0.1, 0.15) is 23.0 Å². The molecule has 0 radical (unpaired) electrons. The van der Waals surface area contributed by atoms with E-state index in [0.29, 0.717) is 10.0 Å². The van der Waals surface area contributed by atoms with Gasteiger partial charge in [-0.3, -0.25) is 9.88 Å². The third-order valence-electron chi connectivity index (χ3n) is 5.67. The Hall–Kier alpha value is -1.83. The molecule has 4 rings (SSSR count). The fourth-order valence-corrected chi connectivity index (χ4v) is 5.38. The van der Waals surface area contributed by atoms with Crippen molar-refractivity contribution in [2.24, 2.45) is 0 Å². The van der Waals surface area contributed by atoms with Crippen molar-refractivity contribution < 1.29 is 4.74 Å². The lowest BCUT2D eigenvalue weighted by molar-refractivity contribution is 0.190. The summed E-state index contributed by atoms with van der Waals surface area (Å²) in [5, 5.41) is 6.55. The predicted octanol–water partition coefficient (Wildman–Crippen LogP) is 5.50. The molecular weight excluding hydrogens is 463 g/mol. The van der Waals surface area contributed by atoms with E-state index in [4.69, 9.17) is 27.9 Å². The van der Waals surface area contributed by atoms with Gasteiger partial charge in [0.1, 0.15) is 11.9 Å². The molecule has 0 amide bonds. The van der Waals surface area contributed by atoms with E-state index in [9.17, 15) is 0 Å². The Bertz CT molecular complexity index is 973. The van der Waals surface area contributed by atoms with Crippen LogP contribution in [-0.4, -0.2) is 49.7 Å². The number of ether oxygens (including phenoxy) is 1. The highest BCUT2D eigenvalue weighted by molar-refractivity contribution is 7.10. The molecule has 0 aliphatic carbocycles. The number of halogens is 2. The molecule has 0 saturated carbocycles. The molecule has 1 atom stereocenters. The SMILES string of the molecule is CNCCC(Oc1ccccc1CN1CCN(c2c(Cl)cncc2Cl)CC1)c1cccs1. The number of para-hydroxylation sites is 1. The highest BCUT2D eigenvalue weighted by atomic mass is 35.5. The van der Waals surface area contributed by atoms with Gasteiger partial charge >= 0.3 is 0 Å². The average molecular weight is 491 g/mol. The first-order chi connectivity index (χ1) is 15.7. The van der Waals surface area contributed by atoms with E-state index in [2.05, 4.69) is 55.8 Å². The molecule has 3 aromatic rings. The fraction of sp³-hybridized carbons (Fsp3) is 0.375. The van der Waals surface area contributed by atoms with Gasteiger partial charge in [0.25, 0.3) is 0 Å². The van der Waals surface area contributed by atoms with Gasteiger partial charge in [-0.1, -0.05) is 47.5 Å². The predicted molar refractivity (Wildman–Crippen MR) is 134 cm³/mol. The van der Waals surface area contributed by atoms with Crippen LogP contribution in [0.3, 0.4) is 0 Å². The van der Waals surface area contributed by atoms with Crippen LogP contribution in [0.25, 0.3) is 0 Å². The number of pyridine rings is 1. The second kappa shape index (κ2) is 11.3. The summed E-state index contributed by atoms with van der Waals surface area (Å²) in [7, 11) is 1.98. The molecule has 32 heavy (non-hydrogen) atoms. The van der Waals surface area contributed by atoms with E-state index < -0.39 is 0 Å². The maximum absolute atomic E-state index is 6.55. The van der Waals surface area contributed by atoms with Gasteiger partial charge in [0, 0.05) is 62.0 Å². The zero-order chi connectivity index (χ0) is 22.3. The third-order valence-corrected chi connectivity index (χ3v) is 7.19. The minimum Gasteiger partial charge on any atom is -0.485 e. The van der Waals surface area contributed by atoms with Crippen LogP contribution in [-0.2, 0) is 6.54 Å². The number of nitrogens with zero attached hydrogens (tertiary/aromatic N) is 3. The Morgan fingerprint density at radius 3 is 2.50 bits per heavy atom. The van der Waals surface area contributed by atoms with E-state index in [-0.39, 0.29) is 6.10 Å². The van der Waals surface area contributed by atoms with Gasteiger partial charge < -0.3 is 15.0 Å². The molecule has 0 spiro atoms. The normalized spacial score (nSPS) is 15.7. The van der Waals surface area contributed by atoms with Crippen LogP contribution in [0.2, 0.25) is 10.0 Å². The van der Waals surface area contributed by atoms with Crippen molar-refractivity contribution in [3.8, 4) is 5.75 Å². The lowest BCUT2D eigenvalue weighted by Gasteiger charge is -2.37. The van der Waals surface area contributed by atoms with Crippen LogP contribution >= 0.6 is 34.5 Å². The number of nitrogens with one attached hydrogen (secondary N) is 1. The number of thiophene rings is 1. The molecule has 1 unspecified atom stereocenters. The standard InChI is InChI=1S/C24H28Cl2N4OS/c1-27-9-8-22(23-7-4-14-32-23)31-21-6-3-2-5-18(21)17-29-10-12-30(13-11-29)24-19(25)15-28-16-20(24)26/h2-7,14-16,22,27H,8-13,17H2,1H3. The van der Waals surface area contributed by atoms with Crippen molar-refractivity contribution in [2.75, 3.05) is 44.7 Å². The van der Waals surface area contributed by atoms with Crippen LogP contribution in [0, 0.1) is 0 Å². The Morgan fingerprint density at radius 2 is 1.81 bits per heavy atom. The molecule has 0 bridgehead atoms. The van der Waals surface area contributed by atoms with Gasteiger partial charge in [-0.05, 0) is 31.1 Å². The van der Waals surface area contributed by atoms with Gasteiger partial charge in [-0.15, -0.1) is 11.3 Å². The Kier molecular flexibility index (Phi) is 8.27. The number of benzene rings is 1. The van der Waals surface area contributed by atoms with Crippen molar-refractivity contribution in [1.29, 1.82) is 0 Å². The molecular formula is C24H28Cl2N4OS. The summed E-state index contributed by atoms with van der Waals surface area (Å²) in [5.74, 6) is 0.963. The molecule has 2 aromatic heterocycles. The summed E-state index contributed by atoms with van der Waals surface area (Å²) < 4.78 is 6.55. The minimum atomic E-state index is 0.0522. The summed E-state index contributed by atoms with van der Waals surface area (Å²) in [4.78, 5) is 10.0. The third kappa shape index (κ3) is 5.74. The highest BCUT2D eigenvalue weighted by Crippen LogP contribution is 2.34. The number of rotatable bonds is 9. The molecule has 1 aliphatic rings.